The van der Waals surface area contributed by atoms with Gasteiger partial charge in [-0.05, 0) is 82.4 Å². The van der Waals surface area contributed by atoms with E-state index in [1.54, 1.807) is 11.3 Å². The van der Waals surface area contributed by atoms with Crippen LogP contribution < -0.4 is 4.90 Å². The van der Waals surface area contributed by atoms with Gasteiger partial charge >= 0.3 is 0 Å². The van der Waals surface area contributed by atoms with Crippen molar-refractivity contribution in [3.05, 3.63) is 194 Å². The molecule has 0 spiro atoms. The number of aromatic nitrogens is 1. The van der Waals surface area contributed by atoms with Crippen LogP contribution in [-0.2, 0) is 0 Å². The van der Waals surface area contributed by atoms with Crippen LogP contribution in [0.4, 0.5) is 17.1 Å². The average molecular weight is 697 g/mol. The summed E-state index contributed by atoms with van der Waals surface area (Å²) >= 11 is 1.79. The quantitative estimate of drug-likeness (QED) is 0.166. The minimum Gasteiger partial charge on any atom is -0.436 e. The number of hydrogen-bond acceptors (Lipinski definition) is 4. The summed E-state index contributed by atoms with van der Waals surface area (Å²) in [5.41, 5.74) is 13.0. The lowest BCUT2D eigenvalue weighted by molar-refractivity contribution is 0.620. The molecule has 0 saturated heterocycles. The molecular formula is C49H32N2OS. The second-order valence-electron chi connectivity index (χ2n) is 13.2. The summed E-state index contributed by atoms with van der Waals surface area (Å²) in [5.74, 6) is 0.635. The van der Waals surface area contributed by atoms with Crippen molar-refractivity contribution in [3.8, 4) is 44.8 Å². The predicted molar refractivity (Wildman–Crippen MR) is 223 cm³/mol. The number of thiophene rings is 1. The van der Waals surface area contributed by atoms with Crippen LogP contribution in [0.3, 0.4) is 0 Å². The van der Waals surface area contributed by atoms with E-state index >= 15 is 0 Å². The third kappa shape index (κ3) is 5.66. The standard InChI is InChI=1S/C49H32N2OS/c1-4-13-33(14-5-1)34-23-25-35(26-24-34)36-27-29-39(30-28-36)51(43-20-11-10-19-40(43)37-15-6-2-7-16-37)44-21-12-22-46-48(44)41-31-45-42(32-47(41)53-46)50-49(52-45)38-17-8-3-9-18-38/h1-32H. The number of para-hydroxylation sites is 1. The zero-order valence-electron chi connectivity index (χ0n) is 28.7. The molecule has 10 aromatic rings. The van der Waals surface area contributed by atoms with Crippen molar-refractivity contribution < 1.29 is 4.42 Å². The van der Waals surface area contributed by atoms with E-state index in [2.05, 4.69) is 169 Å². The Bertz CT molecular complexity index is 2860. The molecule has 3 nitrogen and oxygen atoms in total. The van der Waals surface area contributed by atoms with E-state index in [0.29, 0.717) is 5.89 Å². The zero-order valence-corrected chi connectivity index (χ0v) is 29.5. The van der Waals surface area contributed by atoms with Gasteiger partial charge in [0.2, 0.25) is 5.89 Å². The van der Waals surface area contributed by atoms with Crippen molar-refractivity contribution in [1.82, 2.24) is 4.98 Å². The largest absolute Gasteiger partial charge is 0.436 e. The van der Waals surface area contributed by atoms with Crippen molar-refractivity contribution in [2.75, 3.05) is 4.90 Å². The van der Waals surface area contributed by atoms with Crippen LogP contribution in [0.1, 0.15) is 0 Å². The third-order valence-electron chi connectivity index (χ3n) is 9.93. The van der Waals surface area contributed by atoms with E-state index in [1.165, 1.54) is 42.6 Å². The molecule has 0 N–H and O–H groups in total. The number of anilines is 3. The van der Waals surface area contributed by atoms with Crippen LogP contribution in [0.15, 0.2) is 199 Å². The minimum atomic E-state index is 0.635. The highest BCUT2D eigenvalue weighted by Crippen LogP contribution is 2.48. The molecule has 2 heterocycles. The van der Waals surface area contributed by atoms with Crippen LogP contribution in [-0.4, -0.2) is 4.98 Å². The fourth-order valence-electron chi connectivity index (χ4n) is 7.35. The molecule has 8 aromatic carbocycles. The molecule has 0 radical (unpaired) electrons. The number of rotatable bonds is 7. The molecule has 0 aliphatic rings. The van der Waals surface area contributed by atoms with Gasteiger partial charge in [-0.1, -0.05) is 140 Å². The summed E-state index contributed by atoms with van der Waals surface area (Å²) < 4.78 is 8.79. The summed E-state index contributed by atoms with van der Waals surface area (Å²) in [5, 5.41) is 2.34. The van der Waals surface area contributed by atoms with E-state index < -0.39 is 0 Å². The maximum absolute atomic E-state index is 6.39. The van der Waals surface area contributed by atoms with Crippen LogP contribution >= 0.6 is 11.3 Å². The smallest absolute Gasteiger partial charge is 0.227 e. The zero-order chi connectivity index (χ0) is 35.1. The Morgan fingerprint density at radius 1 is 0.434 bits per heavy atom. The van der Waals surface area contributed by atoms with Gasteiger partial charge in [-0.3, -0.25) is 0 Å². The lowest BCUT2D eigenvalue weighted by Gasteiger charge is -2.29. The second kappa shape index (κ2) is 13.1. The first kappa shape index (κ1) is 31.0. The monoisotopic (exact) mass is 696 g/mol. The summed E-state index contributed by atoms with van der Waals surface area (Å²) in [4.78, 5) is 7.30. The number of fused-ring (bicyclic) bond motifs is 4. The first-order valence-corrected chi connectivity index (χ1v) is 18.6. The highest BCUT2D eigenvalue weighted by molar-refractivity contribution is 7.26. The number of hydrogen-bond donors (Lipinski definition) is 0. The Kier molecular flexibility index (Phi) is 7.67. The number of oxazole rings is 1. The fraction of sp³-hybridized carbons (Fsp3) is 0. The fourth-order valence-corrected chi connectivity index (χ4v) is 8.49. The topological polar surface area (TPSA) is 29.3 Å². The van der Waals surface area contributed by atoms with Gasteiger partial charge in [-0.25, -0.2) is 4.98 Å². The van der Waals surface area contributed by atoms with Crippen molar-refractivity contribution in [2.24, 2.45) is 0 Å². The molecule has 0 aliphatic carbocycles. The molecule has 0 atom stereocenters. The molecule has 250 valence electrons. The molecule has 53 heavy (non-hydrogen) atoms. The lowest BCUT2D eigenvalue weighted by Crippen LogP contribution is -2.11. The maximum atomic E-state index is 6.39. The van der Waals surface area contributed by atoms with Gasteiger partial charge in [0.1, 0.15) is 5.52 Å². The summed E-state index contributed by atoms with van der Waals surface area (Å²) in [6, 6.07) is 68.8. The van der Waals surface area contributed by atoms with Gasteiger partial charge < -0.3 is 9.32 Å². The van der Waals surface area contributed by atoms with Crippen molar-refractivity contribution >= 4 is 59.7 Å². The SMILES string of the molecule is c1ccc(-c2ccc(-c3ccc(N(c4ccccc4-c4ccccc4)c4cccc5sc6cc7nc(-c8ccccc8)oc7cc6c45)cc3)cc2)cc1. The number of nitrogens with zero attached hydrogens (tertiary/aromatic N) is 2. The lowest BCUT2D eigenvalue weighted by atomic mass is 9.99. The summed E-state index contributed by atoms with van der Waals surface area (Å²) in [6.45, 7) is 0. The van der Waals surface area contributed by atoms with Crippen LogP contribution in [0.2, 0.25) is 0 Å². The summed E-state index contributed by atoms with van der Waals surface area (Å²) in [7, 11) is 0. The highest BCUT2D eigenvalue weighted by atomic mass is 32.1. The van der Waals surface area contributed by atoms with Gasteiger partial charge in [0, 0.05) is 37.0 Å². The van der Waals surface area contributed by atoms with E-state index in [9.17, 15) is 0 Å². The van der Waals surface area contributed by atoms with E-state index in [1.807, 2.05) is 30.3 Å². The molecule has 0 unspecified atom stereocenters. The molecule has 0 saturated carbocycles. The first-order valence-electron chi connectivity index (χ1n) is 17.8. The van der Waals surface area contributed by atoms with Crippen LogP contribution in [0.25, 0.3) is 76.1 Å². The Balaban J connectivity index is 1.13. The van der Waals surface area contributed by atoms with Crippen LogP contribution in [0.5, 0.6) is 0 Å². The van der Waals surface area contributed by atoms with E-state index in [0.717, 1.165) is 44.7 Å². The van der Waals surface area contributed by atoms with Crippen molar-refractivity contribution in [2.45, 2.75) is 0 Å². The second-order valence-corrected chi connectivity index (χ2v) is 14.2. The molecule has 10 rings (SSSR count). The third-order valence-corrected chi connectivity index (χ3v) is 11.0. The maximum Gasteiger partial charge on any atom is 0.227 e. The Hall–Kier alpha value is -6.75. The average Bonchev–Trinajstić information content (AvgIpc) is 3.82. The van der Waals surface area contributed by atoms with Crippen molar-refractivity contribution in [1.29, 1.82) is 0 Å². The summed E-state index contributed by atoms with van der Waals surface area (Å²) in [6.07, 6.45) is 0. The van der Waals surface area contributed by atoms with E-state index in [-0.39, 0.29) is 0 Å². The van der Waals surface area contributed by atoms with E-state index in [4.69, 9.17) is 9.40 Å². The molecule has 0 aliphatic heterocycles. The molecule has 0 amide bonds. The Labute approximate surface area is 311 Å². The Morgan fingerprint density at radius 3 is 1.66 bits per heavy atom. The van der Waals surface area contributed by atoms with Crippen LogP contribution in [0, 0.1) is 0 Å². The van der Waals surface area contributed by atoms with Crippen molar-refractivity contribution in [3.63, 3.8) is 0 Å². The van der Waals surface area contributed by atoms with Gasteiger partial charge in [0.25, 0.3) is 0 Å². The molecule has 4 heteroatoms. The molecule has 0 bridgehead atoms. The molecular weight excluding hydrogens is 665 g/mol. The van der Waals surface area contributed by atoms with Gasteiger partial charge in [0.15, 0.2) is 5.58 Å². The van der Waals surface area contributed by atoms with Gasteiger partial charge in [-0.2, -0.15) is 0 Å². The number of benzene rings is 8. The highest BCUT2D eigenvalue weighted by Gasteiger charge is 2.22. The minimum absolute atomic E-state index is 0.635. The molecule has 0 fully saturated rings. The molecule has 2 aromatic heterocycles. The first-order chi connectivity index (χ1) is 26.3. The predicted octanol–water partition coefficient (Wildman–Crippen LogP) is 14.3. The Morgan fingerprint density at radius 2 is 0.981 bits per heavy atom. The van der Waals surface area contributed by atoms with Gasteiger partial charge in [0.05, 0.1) is 11.4 Å². The van der Waals surface area contributed by atoms with Gasteiger partial charge in [-0.15, -0.1) is 11.3 Å². The normalized spacial score (nSPS) is 11.4.